The third-order valence-corrected chi connectivity index (χ3v) is 5.66. The smallest absolute Gasteiger partial charge is 0.253 e. The van der Waals surface area contributed by atoms with Crippen LogP contribution in [-0.2, 0) is 9.59 Å². The first kappa shape index (κ1) is 23.7. The number of hydrogen-bond acceptors (Lipinski definition) is 3. The number of anilines is 1. The lowest BCUT2D eigenvalue weighted by molar-refractivity contribution is -0.139. The number of hydrogen-bond donors (Lipinski definition) is 1. The molecule has 170 valence electrons. The van der Waals surface area contributed by atoms with E-state index in [-0.39, 0.29) is 31.4 Å². The first-order chi connectivity index (χ1) is 15.3. The molecule has 2 aromatic rings. The molecule has 0 spiro atoms. The van der Waals surface area contributed by atoms with Crippen molar-refractivity contribution in [3.63, 3.8) is 0 Å². The number of benzene rings is 2. The van der Waals surface area contributed by atoms with Crippen LogP contribution in [-0.4, -0.2) is 53.7 Å². The van der Waals surface area contributed by atoms with E-state index in [0.717, 1.165) is 12.1 Å². The van der Waals surface area contributed by atoms with Crippen molar-refractivity contribution >= 4 is 35.0 Å². The molecule has 6 nitrogen and oxygen atoms in total. The molecule has 9 heteroatoms. The molecule has 1 aliphatic rings. The van der Waals surface area contributed by atoms with E-state index in [1.807, 2.05) is 0 Å². The van der Waals surface area contributed by atoms with Gasteiger partial charge in [-0.05, 0) is 56.2 Å². The van der Waals surface area contributed by atoms with Crippen LogP contribution in [0, 0.1) is 17.6 Å². The second kappa shape index (κ2) is 10.5. The molecule has 1 atom stereocenters. The summed E-state index contributed by atoms with van der Waals surface area (Å²) in [5.41, 5.74) is -0.0560. The van der Waals surface area contributed by atoms with Gasteiger partial charge in [0, 0.05) is 30.2 Å². The van der Waals surface area contributed by atoms with Gasteiger partial charge in [-0.3, -0.25) is 14.4 Å². The first-order valence-electron chi connectivity index (χ1n) is 10.4. The van der Waals surface area contributed by atoms with Crippen molar-refractivity contribution in [2.24, 2.45) is 5.92 Å². The largest absolute Gasteiger partial charge is 0.338 e. The normalized spacial score (nSPS) is 15.9. The van der Waals surface area contributed by atoms with Crippen LogP contribution >= 0.6 is 11.6 Å². The van der Waals surface area contributed by atoms with Gasteiger partial charge in [-0.15, -0.1) is 0 Å². The lowest BCUT2D eigenvalue weighted by Crippen LogP contribution is -2.48. The van der Waals surface area contributed by atoms with Gasteiger partial charge in [-0.25, -0.2) is 8.78 Å². The van der Waals surface area contributed by atoms with Crippen molar-refractivity contribution in [1.29, 1.82) is 0 Å². The molecule has 0 saturated carbocycles. The van der Waals surface area contributed by atoms with Gasteiger partial charge in [-0.2, -0.15) is 0 Å². The Morgan fingerprint density at radius 3 is 2.41 bits per heavy atom. The maximum absolute atomic E-state index is 13.8. The van der Waals surface area contributed by atoms with Crippen LogP contribution in [0.15, 0.2) is 42.5 Å². The molecule has 0 aromatic heterocycles. The number of halogens is 3. The molecule has 0 aliphatic carbocycles. The molecule has 1 fully saturated rings. The van der Waals surface area contributed by atoms with E-state index in [1.54, 1.807) is 36.1 Å². The van der Waals surface area contributed by atoms with E-state index < -0.39 is 29.1 Å². The molecule has 1 aliphatic heterocycles. The number of rotatable bonds is 6. The number of likely N-dealkylation sites (N-methyl/N-ethyl adjacent to an activating group) is 1. The van der Waals surface area contributed by atoms with Gasteiger partial charge >= 0.3 is 0 Å². The van der Waals surface area contributed by atoms with Gasteiger partial charge in [0.2, 0.25) is 11.8 Å². The van der Waals surface area contributed by atoms with E-state index in [0.29, 0.717) is 30.0 Å². The van der Waals surface area contributed by atoms with Crippen molar-refractivity contribution in [3.05, 3.63) is 64.7 Å². The fraction of sp³-hybridized carbons (Fsp3) is 0.348. The Bertz CT molecular complexity index is 980. The fourth-order valence-electron chi connectivity index (χ4n) is 3.71. The molecule has 1 N–H and O–H groups in total. The Balaban J connectivity index is 1.63. The minimum absolute atomic E-state index is 0.185. The SMILES string of the molecule is CCN(CC(=O)Nc1c(F)cccc1F)C(=O)C1CCCN(C(=O)c2ccc(Cl)cc2)C1. The molecular formula is C23H24ClF2N3O3. The summed E-state index contributed by atoms with van der Waals surface area (Å²) in [5, 5.41) is 2.72. The lowest BCUT2D eigenvalue weighted by atomic mass is 9.95. The van der Waals surface area contributed by atoms with Gasteiger partial charge in [0.25, 0.3) is 5.91 Å². The van der Waals surface area contributed by atoms with E-state index in [9.17, 15) is 23.2 Å². The summed E-state index contributed by atoms with van der Waals surface area (Å²) >= 11 is 5.88. The Morgan fingerprint density at radius 1 is 1.12 bits per heavy atom. The topological polar surface area (TPSA) is 69.7 Å². The Hall–Kier alpha value is -3.00. The van der Waals surface area contributed by atoms with Gasteiger partial charge in [0.1, 0.15) is 17.3 Å². The summed E-state index contributed by atoms with van der Waals surface area (Å²) in [5.74, 6) is -3.40. The van der Waals surface area contributed by atoms with Crippen LogP contribution in [0.1, 0.15) is 30.1 Å². The van der Waals surface area contributed by atoms with Crippen molar-refractivity contribution in [3.8, 4) is 0 Å². The van der Waals surface area contributed by atoms with Crippen LogP contribution in [0.5, 0.6) is 0 Å². The summed E-state index contributed by atoms with van der Waals surface area (Å²) in [6.07, 6.45) is 1.24. The fourth-order valence-corrected chi connectivity index (χ4v) is 3.84. The summed E-state index contributed by atoms with van der Waals surface area (Å²) in [6, 6.07) is 9.82. The maximum atomic E-state index is 13.8. The highest BCUT2D eigenvalue weighted by molar-refractivity contribution is 6.30. The van der Waals surface area contributed by atoms with Crippen LogP contribution in [0.3, 0.4) is 0 Å². The predicted molar refractivity (Wildman–Crippen MR) is 117 cm³/mol. The number of nitrogens with zero attached hydrogens (tertiary/aromatic N) is 2. The monoisotopic (exact) mass is 463 g/mol. The highest BCUT2D eigenvalue weighted by Gasteiger charge is 2.32. The first-order valence-corrected chi connectivity index (χ1v) is 10.8. The molecule has 1 heterocycles. The lowest BCUT2D eigenvalue weighted by Gasteiger charge is -2.34. The molecular weight excluding hydrogens is 440 g/mol. The summed E-state index contributed by atoms with van der Waals surface area (Å²) in [7, 11) is 0. The Morgan fingerprint density at radius 2 is 1.78 bits per heavy atom. The van der Waals surface area contributed by atoms with Crippen LogP contribution in [0.25, 0.3) is 0 Å². The minimum atomic E-state index is -0.892. The second-order valence-corrected chi connectivity index (χ2v) is 8.03. The zero-order chi connectivity index (χ0) is 23.3. The number of likely N-dealkylation sites (tertiary alicyclic amines) is 1. The second-order valence-electron chi connectivity index (χ2n) is 7.59. The number of carbonyl (C=O) groups excluding carboxylic acids is 3. The Labute approximate surface area is 190 Å². The van der Waals surface area contributed by atoms with Gasteiger partial charge in [0.05, 0.1) is 12.5 Å². The number of piperidine rings is 1. The minimum Gasteiger partial charge on any atom is -0.338 e. The predicted octanol–water partition coefficient (Wildman–Crippen LogP) is 3.96. The zero-order valence-electron chi connectivity index (χ0n) is 17.6. The third-order valence-electron chi connectivity index (χ3n) is 5.40. The highest BCUT2D eigenvalue weighted by Crippen LogP contribution is 2.22. The third kappa shape index (κ3) is 5.62. The molecule has 3 rings (SSSR count). The van der Waals surface area contributed by atoms with Gasteiger partial charge in [0.15, 0.2) is 0 Å². The average Bonchev–Trinajstić information content (AvgIpc) is 2.79. The van der Waals surface area contributed by atoms with Crippen LogP contribution in [0.2, 0.25) is 5.02 Å². The highest BCUT2D eigenvalue weighted by atomic mass is 35.5. The molecule has 0 radical (unpaired) electrons. The number of nitrogens with one attached hydrogen (secondary N) is 1. The quantitative estimate of drug-likeness (QED) is 0.705. The van der Waals surface area contributed by atoms with Crippen molar-refractivity contribution < 1.29 is 23.2 Å². The van der Waals surface area contributed by atoms with E-state index >= 15 is 0 Å². The summed E-state index contributed by atoms with van der Waals surface area (Å²) in [4.78, 5) is 41.1. The summed E-state index contributed by atoms with van der Waals surface area (Å²) in [6.45, 7) is 2.39. The molecule has 1 saturated heterocycles. The Kier molecular flexibility index (Phi) is 7.80. The van der Waals surface area contributed by atoms with Gasteiger partial charge < -0.3 is 15.1 Å². The van der Waals surface area contributed by atoms with Crippen molar-refractivity contribution in [2.75, 3.05) is 31.5 Å². The zero-order valence-corrected chi connectivity index (χ0v) is 18.4. The van der Waals surface area contributed by atoms with E-state index in [2.05, 4.69) is 5.32 Å². The molecule has 0 bridgehead atoms. The van der Waals surface area contributed by atoms with Crippen molar-refractivity contribution in [1.82, 2.24) is 9.80 Å². The summed E-state index contributed by atoms with van der Waals surface area (Å²) < 4.78 is 27.6. The molecule has 2 aromatic carbocycles. The number of amides is 3. The van der Waals surface area contributed by atoms with Crippen molar-refractivity contribution in [2.45, 2.75) is 19.8 Å². The maximum Gasteiger partial charge on any atom is 0.253 e. The standard InChI is InChI=1S/C23H24ClF2N3O3/c1-2-28(14-20(30)27-21-18(25)6-3-7-19(21)26)23(32)16-5-4-12-29(13-16)22(31)15-8-10-17(24)11-9-15/h3,6-11,16H,2,4-5,12-14H2,1H3,(H,27,30). The van der Waals surface area contributed by atoms with Gasteiger partial charge in [-0.1, -0.05) is 17.7 Å². The number of para-hydroxylation sites is 1. The van der Waals surface area contributed by atoms with E-state index in [1.165, 1.54) is 11.0 Å². The van der Waals surface area contributed by atoms with Crippen LogP contribution < -0.4 is 5.32 Å². The van der Waals surface area contributed by atoms with E-state index in [4.69, 9.17) is 11.6 Å². The molecule has 3 amide bonds. The molecule has 1 unspecified atom stereocenters. The molecule has 32 heavy (non-hydrogen) atoms. The van der Waals surface area contributed by atoms with Crippen LogP contribution in [0.4, 0.5) is 14.5 Å². The average molecular weight is 464 g/mol. The number of carbonyl (C=O) groups is 3.